The molecule has 2 rings (SSSR count). The molecule has 1 unspecified atom stereocenters. The molecule has 0 saturated carbocycles. The summed E-state index contributed by atoms with van der Waals surface area (Å²) in [7, 11) is 0. The lowest BCUT2D eigenvalue weighted by Crippen LogP contribution is -2.45. The van der Waals surface area contributed by atoms with E-state index in [4.69, 9.17) is 55.9 Å². The van der Waals surface area contributed by atoms with Crippen molar-refractivity contribution in [3.05, 3.63) is 56.5 Å². The number of benzene rings is 2. The number of rotatable bonds is 5. The smallest absolute Gasteiger partial charge is 0.267 e. The normalized spacial score (nSPS) is 13.0. The maximum Gasteiger partial charge on any atom is 0.267 e. The molecular formula is C18H18Cl4O3. The second kappa shape index (κ2) is 8.24. The second-order valence-electron chi connectivity index (χ2n) is 6.52. The second-order valence-corrected chi connectivity index (χ2v) is 8.09. The molecule has 7 heteroatoms. The van der Waals surface area contributed by atoms with Crippen molar-refractivity contribution in [1.29, 1.82) is 0 Å². The van der Waals surface area contributed by atoms with Crippen LogP contribution in [0.25, 0.3) is 0 Å². The predicted octanol–water partition coefficient (Wildman–Crippen LogP) is 6.49. The molecule has 0 heterocycles. The molecule has 0 aliphatic heterocycles. The highest BCUT2D eigenvalue weighted by molar-refractivity contribution is 6.43. The Balaban J connectivity index is 2.36. The molecule has 0 bridgehead atoms. The lowest BCUT2D eigenvalue weighted by molar-refractivity contribution is -0.125. The van der Waals surface area contributed by atoms with Gasteiger partial charge in [0, 0.05) is 0 Å². The Hall–Kier alpha value is -0.840. The van der Waals surface area contributed by atoms with Gasteiger partial charge < -0.3 is 14.6 Å². The zero-order valence-electron chi connectivity index (χ0n) is 13.9. The number of aliphatic hydroxyl groups is 1. The molecule has 0 fully saturated rings. The van der Waals surface area contributed by atoms with Crippen LogP contribution < -0.4 is 9.47 Å². The minimum Gasteiger partial charge on any atom is -0.450 e. The molecule has 0 aliphatic carbocycles. The first kappa shape index (κ1) is 20.5. The molecular weight excluding hydrogens is 406 g/mol. The Bertz CT molecular complexity index is 690. The van der Waals surface area contributed by atoms with Crippen molar-refractivity contribution in [2.75, 3.05) is 0 Å². The molecule has 0 aliphatic rings. The van der Waals surface area contributed by atoms with Gasteiger partial charge in [0.2, 0.25) is 0 Å². The van der Waals surface area contributed by atoms with Crippen molar-refractivity contribution in [3.8, 4) is 11.5 Å². The standard InChI is InChI=1S/C18H18Cl4O3/c1-18(2,3)16(23)17(24-12-8-4-6-10(19)14(12)21)25-13-9-5-7-11(20)15(13)22/h4-9,16-17,23H,1-3H3. The van der Waals surface area contributed by atoms with Crippen molar-refractivity contribution in [2.24, 2.45) is 5.41 Å². The summed E-state index contributed by atoms with van der Waals surface area (Å²) >= 11 is 24.4. The van der Waals surface area contributed by atoms with Crippen LogP contribution in [-0.2, 0) is 0 Å². The topological polar surface area (TPSA) is 38.7 Å². The molecule has 1 atom stereocenters. The third-order valence-corrected chi connectivity index (χ3v) is 5.07. The largest absolute Gasteiger partial charge is 0.450 e. The Morgan fingerprint density at radius 3 is 1.56 bits per heavy atom. The first-order valence-electron chi connectivity index (χ1n) is 7.50. The van der Waals surface area contributed by atoms with Crippen LogP contribution in [0.15, 0.2) is 36.4 Å². The van der Waals surface area contributed by atoms with Gasteiger partial charge in [-0.15, -0.1) is 0 Å². The quantitative estimate of drug-likeness (QED) is 0.558. The third kappa shape index (κ3) is 5.08. The van der Waals surface area contributed by atoms with E-state index >= 15 is 0 Å². The molecule has 2 aromatic carbocycles. The molecule has 0 amide bonds. The zero-order valence-corrected chi connectivity index (χ0v) is 16.9. The Kier molecular flexibility index (Phi) is 6.74. The van der Waals surface area contributed by atoms with Crippen molar-refractivity contribution < 1.29 is 14.6 Å². The highest BCUT2D eigenvalue weighted by Gasteiger charge is 2.35. The van der Waals surface area contributed by atoms with E-state index in [0.717, 1.165) is 0 Å². The van der Waals surface area contributed by atoms with Gasteiger partial charge >= 0.3 is 0 Å². The van der Waals surface area contributed by atoms with Gasteiger partial charge in [0.05, 0.1) is 10.0 Å². The molecule has 1 N–H and O–H groups in total. The van der Waals surface area contributed by atoms with E-state index in [-0.39, 0.29) is 10.0 Å². The molecule has 0 saturated heterocycles. The summed E-state index contributed by atoms with van der Waals surface area (Å²) in [4.78, 5) is 0. The van der Waals surface area contributed by atoms with Gasteiger partial charge in [0.25, 0.3) is 6.29 Å². The third-order valence-electron chi connectivity index (χ3n) is 3.46. The van der Waals surface area contributed by atoms with E-state index in [9.17, 15) is 5.11 Å². The van der Waals surface area contributed by atoms with Crippen LogP contribution >= 0.6 is 46.4 Å². The van der Waals surface area contributed by atoms with E-state index in [1.54, 1.807) is 36.4 Å². The maximum atomic E-state index is 10.7. The van der Waals surface area contributed by atoms with Gasteiger partial charge in [-0.1, -0.05) is 79.3 Å². The van der Waals surface area contributed by atoms with E-state index in [0.29, 0.717) is 21.5 Å². The predicted molar refractivity (Wildman–Crippen MR) is 103 cm³/mol. The average Bonchev–Trinajstić information content (AvgIpc) is 2.53. The number of halogens is 4. The van der Waals surface area contributed by atoms with Gasteiger partial charge in [-0.3, -0.25) is 0 Å². The SMILES string of the molecule is CC(C)(C)C(O)C(Oc1cccc(Cl)c1Cl)Oc1cccc(Cl)c1Cl. The van der Waals surface area contributed by atoms with E-state index in [1.165, 1.54) is 0 Å². The number of ether oxygens (including phenoxy) is 2. The van der Waals surface area contributed by atoms with Gasteiger partial charge in [0.15, 0.2) is 0 Å². The van der Waals surface area contributed by atoms with Crippen LogP contribution in [-0.4, -0.2) is 17.5 Å². The average molecular weight is 424 g/mol. The van der Waals surface area contributed by atoms with Crippen LogP contribution in [0.1, 0.15) is 20.8 Å². The van der Waals surface area contributed by atoms with Crippen LogP contribution in [0.4, 0.5) is 0 Å². The fourth-order valence-corrected chi connectivity index (χ4v) is 2.63. The molecule has 0 radical (unpaired) electrons. The fourth-order valence-electron chi connectivity index (χ4n) is 1.96. The summed E-state index contributed by atoms with van der Waals surface area (Å²) in [6.07, 6.45) is -2.07. The monoisotopic (exact) mass is 422 g/mol. The van der Waals surface area contributed by atoms with Crippen LogP contribution in [0.2, 0.25) is 20.1 Å². The molecule has 0 aromatic heterocycles. The van der Waals surface area contributed by atoms with Crippen molar-refractivity contribution in [3.63, 3.8) is 0 Å². The minimum atomic E-state index is -1.08. The van der Waals surface area contributed by atoms with Gasteiger partial charge in [0.1, 0.15) is 27.6 Å². The van der Waals surface area contributed by atoms with E-state index < -0.39 is 17.8 Å². The van der Waals surface area contributed by atoms with Crippen molar-refractivity contribution in [1.82, 2.24) is 0 Å². The molecule has 2 aromatic rings. The highest BCUT2D eigenvalue weighted by atomic mass is 35.5. The van der Waals surface area contributed by atoms with Gasteiger partial charge in [-0.2, -0.15) is 0 Å². The minimum absolute atomic E-state index is 0.232. The summed E-state index contributed by atoms with van der Waals surface area (Å²) < 4.78 is 11.6. The molecule has 0 spiro atoms. The lowest BCUT2D eigenvalue weighted by atomic mass is 9.88. The van der Waals surface area contributed by atoms with Crippen LogP contribution in [0.3, 0.4) is 0 Å². The first-order chi connectivity index (χ1) is 11.6. The summed E-state index contributed by atoms with van der Waals surface area (Å²) in [5.74, 6) is 0.584. The highest BCUT2D eigenvalue weighted by Crippen LogP contribution is 2.37. The lowest BCUT2D eigenvalue weighted by Gasteiger charge is -2.33. The van der Waals surface area contributed by atoms with Crippen LogP contribution in [0, 0.1) is 5.41 Å². The Morgan fingerprint density at radius 1 is 0.800 bits per heavy atom. The Labute approximate surface area is 167 Å². The Morgan fingerprint density at radius 2 is 1.20 bits per heavy atom. The van der Waals surface area contributed by atoms with Crippen molar-refractivity contribution in [2.45, 2.75) is 33.2 Å². The van der Waals surface area contributed by atoms with E-state index in [2.05, 4.69) is 0 Å². The van der Waals surface area contributed by atoms with E-state index in [1.807, 2.05) is 20.8 Å². The molecule has 25 heavy (non-hydrogen) atoms. The number of aliphatic hydroxyl groups excluding tert-OH is 1. The van der Waals surface area contributed by atoms with Gasteiger partial charge in [-0.05, 0) is 29.7 Å². The van der Waals surface area contributed by atoms with Gasteiger partial charge in [-0.25, -0.2) is 0 Å². The van der Waals surface area contributed by atoms with Crippen LogP contribution in [0.5, 0.6) is 11.5 Å². The summed E-state index contributed by atoms with van der Waals surface area (Å²) in [5, 5.41) is 11.8. The first-order valence-corrected chi connectivity index (χ1v) is 9.02. The summed E-state index contributed by atoms with van der Waals surface area (Å²) in [6.45, 7) is 5.57. The fraction of sp³-hybridized carbons (Fsp3) is 0.333. The van der Waals surface area contributed by atoms with Crippen molar-refractivity contribution >= 4 is 46.4 Å². The summed E-state index contributed by atoms with van der Waals surface area (Å²) in [6, 6.07) is 9.94. The zero-order chi connectivity index (χ0) is 18.8. The number of hydrogen-bond donors (Lipinski definition) is 1. The molecule has 136 valence electrons. The summed E-state index contributed by atoms with van der Waals surface area (Å²) in [5.41, 5.74) is -0.527. The number of hydrogen-bond acceptors (Lipinski definition) is 3. The molecule has 3 nitrogen and oxygen atoms in total. The maximum absolute atomic E-state index is 10.7.